The highest BCUT2D eigenvalue weighted by atomic mass is 32.1. The van der Waals surface area contributed by atoms with E-state index in [2.05, 4.69) is 7.05 Å². The molecule has 1 amide bonds. The van der Waals surface area contributed by atoms with E-state index in [-0.39, 0.29) is 11.1 Å². The van der Waals surface area contributed by atoms with E-state index in [0.717, 1.165) is 13.0 Å². The first-order valence-corrected chi connectivity index (χ1v) is 6.31. The molecule has 2 aliphatic rings. The normalized spacial score (nSPS) is 29.5. The Balaban J connectivity index is 2.13. The third-order valence-corrected chi connectivity index (χ3v) is 3.48. The summed E-state index contributed by atoms with van der Waals surface area (Å²) < 4.78 is 5.29. The van der Waals surface area contributed by atoms with Crippen molar-refractivity contribution in [3.63, 3.8) is 0 Å². The van der Waals surface area contributed by atoms with E-state index in [4.69, 9.17) is 17.0 Å². The molecule has 2 rings (SSSR count). The summed E-state index contributed by atoms with van der Waals surface area (Å²) in [5, 5.41) is 0.259. The third kappa shape index (κ3) is 2.40. The van der Waals surface area contributed by atoms with Crippen LogP contribution in [-0.4, -0.2) is 36.1 Å². The van der Waals surface area contributed by atoms with Gasteiger partial charge in [-0.05, 0) is 31.3 Å². The van der Waals surface area contributed by atoms with Gasteiger partial charge in [-0.2, -0.15) is 0 Å². The van der Waals surface area contributed by atoms with Crippen LogP contribution in [0.4, 0.5) is 0 Å². The first kappa shape index (κ1) is 12.3. The minimum Gasteiger partial charge on any atom is -0.426 e. The van der Waals surface area contributed by atoms with Crippen molar-refractivity contribution in [2.45, 2.75) is 19.8 Å². The lowest BCUT2D eigenvalue weighted by molar-refractivity contribution is -0.828. The predicted molar refractivity (Wildman–Crippen MR) is 68.2 cm³/mol. The van der Waals surface area contributed by atoms with Crippen molar-refractivity contribution < 1.29 is 14.4 Å². The third-order valence-electron chi connectivity index (χ3n) is 3.17. The highest BCUT2D eigenvalue weighted by Crippen LogP contribution is 2.17. The number of hydrogen-bond acceptors (Lipinski definition) is 3. The van der Waals surface area contributed by atoms with Gasteiger partial charge in [-0.25, -0.2) is 0 Å². The van der Waals surface area contributed by atoms with Crippen molar-refractivity contribution in [2.75, 3.05) is 20.1 Å². The molecular weight excluding hydrogens is 236 g/mol. The van der Waals surface area contributed by atoms with E-state index >= 15 is 0 Å². The van der Waals surface area contributed by atoms with Crippen LogP contribution < -0.4 is 4.90 Å². The SMILES string of the molecule is CCN1C(=O)/C(=C\C=C2\CCC[NH+]2C)OC1=S. The van der Waals surface area contributed by atoms with Crippen LogP contribution in [0.25, 0.3) is 0 Å². The maximum atomic E-state index is 11.8. The monoisotopic (exact) mass is 253 g/mol. The van der Waals surface area contributed by atoms with Crippen molar-refractivity contribution in [1.82, 2.24) is 4.90 Å². The van der Waals surface area contributed by atoms with Gasteiger partial charge in [0.25, 0.3) is 11.1 Å². The van der Waals surface area contributed by atoms with Crippen LogP contribution in [0, 0.1) is 0 Å². The molecule has 0 aliphatic carbocycles. The summed E-state index contributed by atoms with van der Waals surface area (Å²) in [6, 6.07) is 0. The highest BCUT2D eigenvalue weighted by Gasteiger charge is 2.31. The second-order valence-electron chi connectivity index (χ2n) is 4.27. The molecule has 1 unspecified atom stereocenters. The standard InChI is InChI=1S/C12H16N2O2S/c1-3-14-11(15)10(16-12(14)17)7-6-9-5-4-8-13(9)2/h6-7H,3-5,8H2,1-2H3/p+1/b9-6-,10-7+. The number of allylic oxidation sites excluding steroid dienone is 3. The molecule has 2 fully saturated rings. The van der Waals surface area contributed by atoms with E-state index in [9.17, 15) is 4.79 Å². The van der Waals surface area contributed by atoms with Crippen molar-refractivity contribution >= 4 is 23.3 Å². The Hall–Kier alpha value is -1.20. The molecule has 0 bridgehead atoms. The van der Waals surface area contributed by atoms with Gasteiger partial charge in [0.05, 0.1) is 13.6 Å². The first-order valence-electron chi connectivity index (χ1n) is 5.90. The molecule has 2 saturated heterocycles. The van der Waals surface area contributed by atoms with Crippen molar-refractivity contribution in [3.05, 3.63) is 23.6 Å². The minimum atomic E-state index is -0.134. The van der Waals surface area contributed by atoms with E-state index in [1.165, 1.54) is 21.9 Å². The molecule has 17 heavy (non-hydrogen) atoms. The number of quaternary nitrogens is 1. The Morgan fingerprint density at radius 2 is 2.29 bits per heavy atom. The molecule has 2 aliphatic heterocycles. The number of amides is 1. The maximum absolute atomic E-state index is 11.8. The molecule has 4 nitrogen and oxygen atoms in total. The van der Waals surface area contributed by atoms with Crippen LogP contribution in [0.2, 0.25) is 0 Å². The number of carbonyl (C=O) groups excluding carboxylic acids is 1. The topological polar surface area (TPSA) is 34.0 Å². The quantitative estimate of drug-likeness (QED) is 0.565. The van der Waals surface area contributed by atoms with Crippen LogP contribution in [0.3, 0.4) is 0 Å². The van der Waals surface area contributed by atoms with Gasteiger partial charge in [0, 0.05) is 19.4 Å². The van der Waals surface area contributed by atoms with Crippen LogP contribution in [0.15, 0.2) is 23.6 Å². The summed E-state index contributed by atoms with van der Waals surface area (Å²) in [5.74, 6) is 0.203. The second-order valence-corrected chi connectivity index (χ2v) is 4.62. The van der Waals surface area contributed by atoms with Gasteiger partial charge in [-0.1, -0.05) is 0 Å². The molecule has 5 heteroatoms. The van der Waals surface area contributed by atoms with Gasteiger partial charge in [0.1, 0.15) is 5.70 Å². The lowest BCUT2D eigenvalue weighted by atomic mass is 10.3. The molecule has 1 atom stereocenters. The van der Waals surface area contributed by atoms with E-state index < -0.39 is 0 Å². The largest absolute Gasteiger partial charge is 0.426 e. The number of likely N-dealkylation sites (tertiary alicyclic amines) is 1. The summed E-state index contributed by atoms with van der Waals surface area (Å²) in [7, 11) is 2.14. The van der Waals surface area contributed by atoms with Crippen LogP contribution >= 0.6 is 12.2 Å². The lowest BCUT2D eigenvalue weighted by Gasteiger charge is -2.06. The summed E-state index contributed by atoms with van der Waals surface area (Å²) in [6.45, 7) is 3.59. The number of ether oxygens (including phenoxy) is 1. The fourth-order valence-corrected chi connectivity index (χ4v) is 2.41. The number of carbonyl (C=O) groups is 1. The van der Waals surface area contributed by atoms with Gasteiger partial charge in [0.2, 0.25) is 0 Å². The molecular formula is C12H17N2O2S+. The minimum absolute atomic E-state index is 0.134. The van der Waals surface area contributed by atoms with Crippen LogP contribution in [-0.2, 0) is 9.53 Å². The zero-order valence-electron chi connectivity index (χ0n) is 10.2. The Morgan fingerprint density at radius 1 is 1.53 bits per heavy atom. The van der Waals surface area contributed by atoms with Crippen molar-refractivity contribution in [3.8, 4) is 0 Å². The summed E-state index contributed by atoms with van der Waals surface area (Å²) in [4.78, 5) is 14.7. The molecule has 0 aromatic carbocycles. The molecule has 0 aromatic heterocycles. The van der Waals surface area contributed by atoms with Crippen molar-refractivity contribution in [1.29, 1.82) is 0 Å². The smallest absolute Gasteiger partial charge is 0.297 e. The van der Waals surface area contributed by atoms with E-state index in [0.29, 0.717) is 12.3 Å². The van der Waals surface area contributed by atoms with Crippen LogP contribution in [0.5, 0.6) is 0 Å². The Labute approximate surface area is 107 Å². The number of likely N-dealkylation sites (N-methyl/N-ethyl adjacent to an activating group) is 1. The molecule has 92 valence electrons. The Kier molecular flexibility index (Phi) is 3.59. The fraction of sp³-hybridized carbons (Fsp3) is 0.500. The van der Waals surface area contributed by atoms with E-state index in [1.54, 1.807) is 6.08 Å². The second kappa shape index (κ2) is 4.98. The van der Waals surface area contributed by atoms with Gasteiger partial charge in [-0.3, -0.25) is 9.69 Å². The van der Waals surface area contributed by atoms with Gasteiger partial charge in [-0.15, -0.1) is 0 Å². The number of nitrogens with zero attached hydrogens (tertiary/aromatic N) is 1. The molecule has 0 radical (unpaired) electrons. The molecule has 0 spiro atoms. The fourth-order valence-electron chi connectivity index (χ4n) is 2.11. The van der Waals surface area contributed by atoms with Gasteiger partial charge >= 0.3 is 0 Å². The first-order chi connectivity index (χ1) is 8.13. The average Bonchev–Trinajstić information content (AvgIpc) is 2.81. The summed E-state index contributed by atoms with van der Waals surface area (Å²) in [6.07, 6.45) is 6.02. The van der Waals surface area contributed by atoms with Gasteiger partial charge in [0.15, 0.2) is 5.76 Å². The van der Waals surface area contributed by atoms with Gasteiger partial charge < -0.3 is 9.64 Å². The summed E-state index contributed by atoms with van der Waals surface area (Å²) >= 11 is 4.98. The Bertz CT molecular complexity index is 415. The molecule has 2 heterocycles. The van der Waals surface area contributed by atoms with Crippen molar-refractivity contribution in [2.24, 2.45) is 0 Å². The highest BCUT2D eigenvalue weighted by molar-refractivity contribution is 7.80. The zero-order chi connectivity index (χ0) is 12.4. The predicted octanol–water partition coefficient (Wildman–Crippen LogP) is 0.226. The Morgan fingerprint density at radius 3 is 2.82 bits per heavy atom. The van der Waals surface area contributed by atoms with Crippen LogP contribution in [0.1, 0.15) is 19.8 Å². The number of nitrogens with one attached hydrogen (secondary N) is 1. The lowest BCUT2D eigenvalue weighted by Crippen LogP contribution is -3.04. The molecule has 0 saturated carbocycles. The maximum Gasteiger partial charge on any atom is 0.297 e. The molecule has 0 aromatic rings. The van der Waals surface area contributed by atoms with E-state index in [1.807, 2.05) is 13.0 Å². The zero-order valence-corrected chi connectivity index (χ0v) is 11.0. The number of hydrogen-bond donors (Lipinski definition) is 1. The summed E-state index contributed by atoms with van der Waals surface area (Å²) in [5.41, 5.74) is 1.31. The number of rotatable bonds is 2. The number of thiocarbonyl (C=S) groups is 1. The molecule has 1 N–H and O–H groups in total. The average molecular weight is 253 g/mol.